The highest BCUT2D eigenvalue weighted by atomic mass is 35.5. The third-order valence-corrected chi connectivity index (χ3v) is 3.44. The Hall–Kier alpha value is -2.53. The second-order valence-corrected chi connectivity index (χ2v) is 5.03. The molecule has 0 fully saturated rings. The van der Waals surface area contributed by atoms with Gasteiger partial charge < -0.3 is 13.9 Å². The van der Waals surface area contributed by atoms with E-state index in [0.29, 0.717) is 22.9 Å². The summed E-state index contributed by atoms with van der Waals surface area (Å²) in [4.78, 5) is 15.9. The SMILES string of the molecule is COC(=O)c1ccc(OCc2cn3ccccc3n2)c(Cl)c1. The Balaban J connectivity index is 1.74. The van der Waals surface area contributed by atoms with Crippen molar-refractivity contribution in [3.63, 3.8) is 0 Å². The highest BCUT2D eigenvalue weighted by molar-refractivity contribution is 6.32. The maximum atomic E-state index is 11.4. The number of fused-ring (bicyclic) bond motifs is 1. The van der Waals surface area contributed by atoms with Crippen molar-refractivity contribution in [2.45, 2.75) is 6.61 Å². The van der Waals surface area contributed by atoms with Gasteiger partial charge in [-0.2, -0.15) is 0 Å². The smallest absolute Gasteiger partial charge is 0.337 e. The van der Waals surface area contributed by atoms with Crippen LogP contribution in [0.2, 0.25) is 5.02 Å². The number of hydrogen-bond acceptors (Lipinski definition) is 4. The molecule has 6 heteroatoms. The van der Waals surface area contributed by atoms with Gasteiger partial charge in [0.25, 0.3) is 0 Å². The summed E-state index contributed by atoms with van der Waals surface area (Å²) in [6, 6.07) is 10.5. The van der Waals surface area contributed by atoms with Gasteiger partial charge in [-0.3, -0.25) is 0 Å². The van der Waals surface area contributed by atoms with Crippen molar-refractivity contribution in [2.24, 2.45) is 0 Å². The number of nitrogens with zero attached hydrogens (tertiary/aromatic N) is 2. The Morgan fingerprint density at radius 3 is 2.91 bits per heavy atom. The number of rotatable bonds is 4. The van der Waals surface area contributed by atoms with Gasteiger partial charge in [-0.15, -0.1) is 0 Å². The fraction of sp³-hybridized carbons (Fsp3) is 0.125. The number of pyridine rings is 1. The van der Waals surface area contributed by atoms with Gasteiger partial charge >= 0.3 is 5.97 Å². The van der Waals surface area contributed by atoms with Crippen LogP contribution >= 0.6 is 11.6 Å². The number of esters is 1. The first-order chi connectivity index (χ1) is 10.7. The van der Waals surface area contributed by atoms with E-state index in [-0.39, 0.29) is 0 Å². The minimum atomic E-state index is -0.436. The molecule has 1 aromatic carbocycles. The molecule has 2 heterocycles. The molecule has 5 nitrogen and oxygen atoms in total. The predicted molar refractivity (Wildman–Crippen MR) is 82.3 cm³/mol. The van der Waals surface area contributed by atoms with E-state index >= 15 is 0 Å². The summed E-state index contributed by atoms with van der Waals surface area (Å²) in [6.07, 6.45) is 3.82. The molecule has 0 radical (unpaired) electrons. The van der Waals surface area contributed by atoms with Gasteiger partial charge in [0.1, 0.15) is 18.0 Å². The molecule has 0 aliphatic rings. The lowest BCUT2D eigenvalue weighted by molar-refractivity contribution is 0.0600. The number of halogens is 1. The molecule has 0 atom stereocenters. The molecular formula is C16H13ClN2O3. The molecule has 0 amide bonds. The first-order valence-electron chi connectivity index (χ1n) is 6.60. The van der Waals surface area contributed by atoms with E-state index in [2.05, 4.69) is 9.72 Å². The summed E-state index contributed by atoms with van der Waals surface area (Å²) in [5.74, 6) is 0.0557. The largest absolute Gasteiger partial charge is 0.486 e. The van der Waals surface area contributed by atoms with Crippen LogP contribution in [-0.4, -0.2) is 22.5 Å². The number of carbonyl (C=O) groups excluding carboxylic acids is 1. The molecule has 3 rings (SSSR count). The van der Waals surface area contributed by atoms with Crippen LogP contribution in [-0.2, 0) is 11.3 Å². The average molecular weight is 317 g/mol. The maximum absolute atomic E-state index is 11.4. The second-order valence-electron chi connectivity index (χ2n) is 4.62. The van der Waals surface area contributed by atoms with Gasteiger partial charge in [-0.05, 0) is 30.3 Å². The monoisotopic (exact) mass is 316 g/mol. The summed E-state index contributed by atoms with van der Waals surface area (Å²) >= 11 is 6.12. The van der Waals surface area contributed by atoms with Crippen LogP contribution < -0.4 is 4.74 Å². The highest BCUT2D eigenvalue weighted by Crippen LogP contribution is 2.26. The molecule has 112 valence electrons. The van der Waals surface area contributed by atoms with Crippen molar-refractivity contribution in [1.29, 1.82) is 0 Å². The number of carbonyl (C=O) groups is 1. The first kappa shape index (κ1) is 14.4. The molecule has 0 saturated heterocycles. The van der Waals surface area contributed by atoms with Crippen LogP contribution in [0, 0.1) is 0 Å². The van der Waals surface area contributed by atoms with E-state index in [4.69, 9.17) is 16.3 Å². The number of ether oxygens (including phenoxy) is 2. The van der Waals surface area contributed by atoms with Crippen molar-refractivity contribution in [3.05, 3.63) is 65.1 Å². The van der Waals surface area contributed by atoms with Crippen LogP contribution in [0.5, 0.6) is 5.75 Å². The number of benzene rings is 1. The Labute approximate surface area is 132 Å². The summed E-state index contributed by atoms with van der Waals surface area (Å²) in [6.45, 7) is 0.291. The molecule has 0 aliphatic heterocycles. The highest BCUT2D eigenvalue weighted by Gasteiger charge is 2.10. The number of aromatic nitrogens is 2. The Morgan fingerprint density at radius 1 is 1.32 bits per heavy atom. The Kier molecular flexibility index (Phi) is 3.98. The zero-order valence-electron chi connectivity index (χ0n) is 11.8. The minimum Gasteiger partial charge on any atom is -0.486 e. The van der Waals surface area contributed by atoms with E-state index in [1.165, 1.54) is 13.2 Å². The van der Waals surface area contributed by atoms with Crippen molar-refractivity contribution in [2.75, 3.05) is 7.11 Å². The molecule has 0 bridgehead atoms. The van der Waals surface area contributed by atoms with Crippen molar-refractivity contribution < 1.29 is 14.3 Å². The average Bonchev–Trinajstić information content (AvgIpc) is 2.95. The third kappa shape index (κ3) is 2.89. The van der Waals surface area contributed by atoms with Gasteiger partial charge in [0.05, 0.1) is 23.4 Å². The molecule has 0 spiro atoms. The van der Waals surface area contributed by atoms with E-state index in [0.717, 1.165) is 11.3 Å². The van der Waals surface area contributed by atoms with E-state index in [9.17, 15) is 4.79 Å². The molecule has 3 aromatic rings. The maximum Gasteiger partial charge on any atom is 0.337 e. The molecule has 22 heavy (non-hydrogen) atoms. The molecule has 0 unspecified atom stereocenters. The third-order valence-electron chi connectivity index (χ3n) is 3.14. The fourth-order valence-electron chi connectivity index (χ4n) is 2.07. The molecule has 0 aliphatic carbocycles. The van der Waals surface area contributed by atoms with Gasteiger partial charge in [-0.25, -0.2) is 9.78 Å². The lowest BCUT2D eigenvalue weighted by Gasteiger charge is -2.07. The summed E-state index contributed by atoms with van der Waals surface area (Å²) in [5.41, 5.74) is 2.03. The lowest BCUT2D eigenvalue weighted by Crippen LogP contribution is -2.02. The molecule has 2 aromatic heterocycles. The van der Waals surface area contributed by atoms with Crippen LogP contribution in [0.3, 0.4) is 0 Å². The lowest BCUT2D eigenvalue weighted by atomic mass is 10.2. The van der Waals surface area contributed by atoms with Crippen molar-refractivity contribution >= 4 is 23.2 Å². The zero-order chi connectivity index (χ0) is 15.5. The summed E-state index contributed by atoms with van der Waals surface area (Å²) < 4.78 is 12.2. The van der Waals surface area contributed by atoms with E-state index in [1.54, 1.807) is 12.1 Å². The summed E-state index contributed by atoms with van der Waals surface area (Å²) in [5, 5.41) is 0.353. The van der Waals surface area contributed by atoms with Gasteiger partial charge in [0.2, 0.25) is 0 Å². The van der Waals surface area contributed by atoms with Crippen molar-refractivity contribution in [1.82, 2.24) is 9.38 Å². The predicted octanol–water partition coefficient (Wildman–Crippen LogP) is 3.35. The van der Waals surface area contributed by atoms with E-state index in [1.807, 2.05) is 35.0 Å². The fourth-order valence-corrected chi connectivity index (χ4v) is 2.31. The molecular weight excluding hydrogens is 304 g/mol. The molecule has 0 N–H and O–H groups in total. The number of methoxy groups -OCH3 is 1. The van der Waals surface area contributed by atoms with Crippen LogP contribution in [0.25, 0.3) is 5.65 Å². The van der Waals surface area contributed by atoms with Crippen LogP contribution in [0.15, 0.2) is 48.8 Å². The number of imidazole rings is 1. The Morgan fingerprint density at radius 2 is 2.18 bits per heavy atom. The van der Waals surface area contributed by atoms with Gasteiger partial charge in [0, 0.05) is 12.4 Å². The normalized spacial score (nSPS) is 10.6. The van der Waals surface area contributed by atoms with Gasteiger partial charge in [0.15, 0.2) is 0 Å². The summed E-state index contributed by atoms with van der Waals surface area (Å²) in [7, 11) is 1.32. The Bertz CT molecular complexity index is 796. The number of hydrogen-bond donors (Lipinski definition) is 0. The quantitative estimate of drug-likeness (QED) is 0.693. The van der Waals surface area contributed by atoms with Crippen molar-refractivity contribution in [3.8, 4) is 5.75 Å². The molecule has 0 saturated carbocycles. The minimum absolute atomic E-state index is 0.291. The van der Waals surface area contributed by atoms with Crippen LogP contribution in [0.4, 0.5) is 0 Å². The first-order valence-corrected chi connectivity index (χ1v) is 6.98. The topological polar surface area (TPSA) is 52.8 Å². The standard InChI is InChI=1S/C16H13ClN2O3/c1-21-16(20)11-5-6-14(13(17)8-11)22-10-12-9-19-7-3-2-4-15(19)18-12/h2-9H,10H2,1H3. The van der Waals surface area contributed by atoms with Gasteiger partial charge in [-0.1, -0.05) is 17.7 Å². The zero-order valence-corrected chi connectivity index (χ0v) is 12.6. The van der Waals surface area contributed by atoms with Crippen LogP contribution in [0.1, 0.15) is 16.1 Å². The second kappa shape index (κ2) is 6.07. The van der Waals surface area contributed by atoms with E-state index < -0.39 is 5.97 Å².